The van der Waals surface area contributed by atoms with E-state index in [9.17, 15) is 14.7 Å². The average molecular weight is 423 g/mol. The first kappa shape index (κ1) is 18.3. The molecular formula is C19H16Cl2N2O3S. The molecule has 3 N–H and O–H groups in total. The Balaban J connectivity index is 1.79. The van der Waals surface area contributed by atoms with Gasteiger partial charge in [-0.05, 0) is 48.9 Å². The van der Waals surface area contributed by atoms with E-state index in [0.717, 1.165) is 29.7 Å². The molecule has 1 aliphatic rings. The summed E-state index contributed by atoms with van der Waals surface area (Å²) in [4.78, 5) is 29.7. The second-order valence-electron chi connectivity index (χ2n) is 6.85. The first-order valence-electron chi connectivity index (χ1n) is 8.50. The number of anilines is 1. The van der Waals surface area contributed by atoms with Crippen LogP contribution in [0.4, 0.5) is 5.69 Å². The maximum absolute atomic E-state index is 12.7. The molecule has 27 heavy (non-hydrogen) atoms. The van der Waals surface area contributed by atoms with Crippen LogP contribution in [0.3, 0.4) is 0 Å². The molecule has 140 valence electrons. The van der Waals surface area contributed by atoms with Gasteiger partial charge in [0.05, 0.1) is 5.39 Å². The van der Waals surface area contributed by atoms with Gasteiger partial charge in [-0.1, -0.05) is 30.1 Å². The molecule has 0 fully saturated rings. The van der Waals surface area contributed by atoms with Crippen molar-refractivity contribution in [3.63, 3.8) is 0 Å². The molecule has 1 amide bonds. The van der Waals surface area contributed by atoms with Crippen LogP contribution < -0.4 is 10.9 Å². The van der Waals surface area contributed by atoms with Crippen LogP contribution >= 0.6 is 34.5 Å². The number of hydrogen-bond acceptors (Lipinski definition) is 4. The number of rotatable bonds is 2. The molecule has 0 spiro atoms. The lowest BCUT2D eigenvalue weighted by atomic mass is 9.89. The fourth-order valence-corrected chi connectivity index (χ4v) is 5.45. The van der Waals surface area contributed by atoms with Crippen molar-refractivity contribution < 1.29 is 9.90 Å². The standard InChI is InChI=1S/C19H16Cl2N2O3S/c1-8-2-3-12-13(4-8)27-19-14(12)16(24)15(18(26)23-19)17(25)22-11-6-9(20)5-10(21)7-11/h5-8H,2-4H2,1H3,(H,22,25)(H2,23,24,26)/t8-/m0/s1. The van der Waals surface area contributed by atoms with Crippen molar-refractivity contribution in [2.45, 2.75) is 26.2 Å². The van der Waals surface area contributed by atoms with Crippen LogP contribution in [0.1, 0.15) is 34.1 Å². The van der Waals surface area contributed by atoms with Crippen molar-refractivity contribution in [2.24, 2.45) is 5.92 Å². The second kappa shape index (κ2) is 6.86. The Labute approximate surface area is 168 Å². The summed E-state index contributed by atoms with van der Waals surface area (Å²) < 4.78 is 0. The van der Waals surface area contributed by atoms with Gasteiger partial charge in [0.15, 0.2) is 0 Å². The zero-order chi connectivity index (χ0) is 19.3. The molecule has 1 aromatic carbocycles. The van der Waals surface area contributed by atoms with E-state index < -0.39 is 11.5 Å². The molecule has 2 heterocycles. The molecule has 1 aliphatic carbocycles. The second-order valence-corrected chi connectivity index (χ2v) is 8.82. The van der Waals surface area contributed by atoms with E-state index in [1.807, 2.05) is 0 Å². The van der Waals surface area contributed by atoms with Gasteiger partial charge in [0.25, 0.3) is 11.5 Å². The third-order valence-corrected chi connectivity index (χ3v) is 6.39. The number of pyridine rings is 1. The molecule has 0 saturated heterocycles. The van der Waals surface area contributed by atoms with Gasteiger partial charge >= 0.3 is 0 Å². The number of aromatic hydroxyl groups is 1. The van der Waals surface area contributed by atoms with Gasteiger partial charge in [0, 0.05) is 20.6 Å². The van der Waals surface area contributed by atoms with E-state index in [1.165, 1.54) is 29.5 Å². The molecule has 0 aliphatic heterocycles. The topological polar surface area (TPSA) is 82.2 Å². The normalized spacial score (nSPS) is 16.3. The van der Waals surface area contributed by atoms with Crippen molar-refractivity contribution in [1.82, 2.24) is 4.98 Å². The molecule has 0 saturated carbocycles. The molecule has 0 radical (unpaired) electrons. The van der Waals surface area contributed by atoms with E-state index in [2.05, 4.69) is 17.2 Å². The van der Waals surface area contributed by atoms with Gasteiger partial charge < -0.3 is 15.4 Å². The summed E-state index contributed by atoms with van der Waals surface area (Å²) >= 11 is 13.4. The predicted octanol–water partition coefficient (Wildman–Crippen LogP) is 4.98. The Kier molecular flexibility index (Phi) is 4.66. The maximum atomic E-state index is 12.7. The molecule has 1 atom stereocenters. The van der Waals surface area contributed by atoms with Crippen molar-refractivity contribution >= 4 is 56.3 Å². The SMILES string of the molecule is C[C@H]1CCc2c(sc3[nH]c(=O)c(C(=O)Nc4cc(Cl)cc(Cl)c4)c(O)c23)C1. The van der Waals surface area contributed by atoms with Gasteiger partial charge in [-0.2, -0.15) is 0 Å². The minimum atomic E-state index is -0.710. The van der Waals surface area contributed by atoms with Crippen molar-refractivity contribution in [3.8, 4) is 5.75 Å². The summed E-state index contributed by atoms with van der Waals surface area (Å²) in [5, 5.41) is 14.6. The number of fused-ring (bicyclic) bond motifs is 3. The number of carbonyl (C=O) groups excluding carboxylic acids is 1. The fraction of sp³-hybridized carbons (Fsp3) is 0.263. The number of halogens is 2. The number of aromatic nitrogens is 1. The van der Waals surface area contributed by atoms with Gasteiger partial charge in [-0.25, -0.2) is 0 Å². The Hall–Kier alpha value is -2.02. The number of amides is 1. The highest BCUT2D eigenvalue weighted by molar-refractivity contribution is 7.18. The number of H-pyrrole nitrogens is 1. The van der Waals surface area contributed by atoms with Crippen LogP contribution in [0.2, 0.25) is 10.0 Å². The van der Waals surface area contributed by atoms with Gasteiger partial charge in [-0.15, -0.1) is 11.3 Å². The van der Waals surface area contributed by atoms with Crippen molar-refractivity contribution in [3.05, 3.63) is 54.6 Å². The van der Waals surface area contributed by atoms with E-state index >= 15 is 0 Å². The summed E-state index contributed by atoms with van der Waals surface area (Å²) in [6, 6.07) is 4.57. The number of aryl methyl sites for hydroxylation is 1. The molecule has 0 unspecified atom stereocenters. The van der Waals surface area contributed by atoms with Gasteiger partial charge in [0.1, 0.15) is 16.1 Å². The smallest absolute Gasteiger partial charge is 0.265 e. The van der Waals surface area contributed by atoms with Crippen LogP contribution in [-0.2, 0) is 12.8 Å². The highest BCUT2D eigenvalue weighted by atomic mass is 35.5. The molecule has 4 rings (SSSR count). The number of benzene rings is 1. The third-order valence-electron chi connectivity index (χ3n) is 4.79. The zero-order valence-electron chi connectivity index (χ0n) is 14.4. The summed E-state index contributed by atoms with van der Waals surface area (Å²) in [5.74, 6) is -0.417. The third kappa shape index (κ3) is 3.33. The Morgan fingerprint density at radius 3 is 2.70 bits per heavy atom. The number of nitrogens with one attached hydrogen (secondary N) is 2. The Morgan fingerprint density at radius 2 is 2.00 bits per heavy atom. The lowest BCUT2D eigenvalue weighted by molar-refractivity contribution is 0.102. The van der Waals surface area contributed by atoms with E-state index in [-0.39, 0.29) is 11.3 Å². The summed E-state index contributed by atoms with van der Waals surface area (Å²) in [7, 11) is 0. The summed E-state index contributed by atoms with van der Waals surface area (Å²) in [6.45, 7) is 2.19. The van der Waals surface area contributed by atoms with E-state index in [1.54, 1.807) is 0 Å². The monoisotopic (exact) mass is 422 g/mol. The van der Waals surface area contributed by atoms with Crippen molar-refractivity contribution in [1.29, 1.82) is 0 Å². The van der Waals surface area contributed by atoms with E-state index in [0.29, 0.717) is 31.9 Å². The van der Waals surface area contributed by atoms with Gasteiger partial charge in [0.2, 0.25) is 0 Å². The number of thiophene rings is 1. The van der Waals surface area contributed by atoms with Crippen LogP contribution in [0, 0.1) is 5.92 Å². The number of hydrogen-bond donors (Lipinski definition) is 3. The maximum Gasteiger partial charge on any atom is 0.265 e. The minimum Gasteiger partial charge on any atom is -0.506 e. The molecule has 3 aromatic rings. The number of aromatic amines is 1. The Morgan fingerprint density at radius 1 is 1.30 bits per heavy atom. The highest BCUT2D eigenvalue weighted by Gasteiger charge is 2.27. The predicted molar refractivity (Wildman–Crippen MR) is 110 cm³/mol. The van der Waals surface area contributed by atoms with Crippen LogP contribution in [0.5, 0.6) is 5.75 Å². The van der Waals surface area contributed by atoms with E-state index in [4.69, 9.17) is 23.2 Å². The highest BCUT2D eigenvalue weighted by Crippen LogP contribution is 2.41. The lowest BCUT2D eigenvalue weighted by Crippen LogP contribution is -2.23. The molecular weight excluding hydrogens is 407 g/mol. The quantitative estimate of drug-likeness (QED) is 0.544. The summed E-state index contributed by atoms with van der Waals surface area (Å²) in [5.41, 5.74) is 0.439. The fourth-order valence-electron chi connectivity index (χ4n) is 3.52. The van der Waals surface area contributed by atoms with Crippen LogP contribution in [0.25, 0.3) is 10.2 Å². The number of carbonyl (C=O) groups is 1. The lowest BCUT2D eigenvalue weighted by Gasteiger charge is -2.18. The first-order chi connectivity index (χ1) is 12.8. The van der Waals surface area contributed by atoms with Gasteiger partial charge in [-0.3, -0.25) is 9.59 Å². The minimum absolute atomic E-state index is 0.272. The van der Waals surface area contributed by atoms with Crippen LogP contribution in [-0.4, -0.2) is 16.0 Å². The summed E-state index contributed by atoms with van der Waals surface area (Å²) in [6.07, 6.45) is 2.75. The molecule has 2 aromatic heterocycles. The molecule has 0 bridgehead atoms. The molecule has 5 nitrogen and oxygen atoms in total. The first-order valence-corrected chi connectivity index (χ1v) is 10.1. The van der Waals surface area contributed by atoms with Crippen LogP contribution in [0.15, 0.2) is 23.0 Å². The molecule has 8 heteroatoms. The Bertz CT molecular complexity index is 1120. The largest absolute Gasteiger partial charge is 0.506 e. The average Bonchev–Trinajstić information content (AvgIpc) is 2.90. The van der Waals surface area contributed by atoms with Crippen molar-refractivity contribution in [2.75, 3.05) is 5.32 Å². The zero-order valence-corrected chi connectivity index (χ0v) is 16.7.